The summed E-state index contributed by atoms with van der Waals surface area (Å²) in [7, 11) is -2.14. The van der Waals surface area contributed by atoms with Gasteiger partial charge in [0.15, 0.2) is 8.24 Å². The maximum atomic E-state index is 6.20. The minimum absolute atomic E-state index is 0.317. The molecule has 1 saturated heterocycles. The van der Waals surface area contributed by atoms with Crippen LogP contribution in [0.5, 0.6) is 0 Å². The molecule has 1 aliphatic heterocycles. The van der Waals surface area contributed by atoms with Gasteiger partial charge in [-0.25, -0.2) is 0 Å². The Hall–Kier alpha value is -0.588. The van der Waals surface area contributed by atoms with Crippen molar-refractivity contribution in [2.24, 2.45) is 0 Å². The van der Waals surface area contributed by atoms with Crippen LogP contribution in [-0.4, -0.2) is 36.0 Å². The predicted octanol–water partition coefficient (Wildman–Crippen LogP) is 4.21. The van der Waals surface area contributed by atoms with Gasteiger partial charge in [-0.15, -0.1) is 0 Å². The first kappa shape index (κ1) is 19.7. The summed E-state index contributed by atoms with van der Waals surface area (Å²) in [6.07, 6.45) is 4.13. The summed E-state index contributed by atoms with van der Waals surface area (Å²) >= 11 is 0. The molecule has 0 bridgehead atoms. The molecule has 24 heavy (non-hydrogen) atoms. The molecule has 0 aromatic carbocycles. The van der Waals surface area contributed by atoms with Crippen LogP contribution < -0.4 is 5.46 Å². The van der Waals surface area contributed by atoms with E-state index in [2.05, 4.69) is 79.8 Å². The quantitative estimate of drug-likeness (QED) is 0.747. The highest BCUT2D eigenvalue weighted by Gasteiger charge is 2.53. The third-order valence-electron chi connectivity index (χ3n) is 6.30. The van der Waals surface area contributed by atoms with E-state index in [1.54, 1.807) is 0 Å². The molecular formula is C18H35BN2O2Si. The van der Waals surface area contributed by atoms with E-state index in [4.69, 9.17) is 14.4 Å². The fourth-order valence-corrected chi connectivity index (χ4v) is 10.7. The van der Waals surface area contributed by atoms with Crippen molar-refractivity contribution in [1.29, 1.82) is 0 Å². The number of hydrogen-bond donors (Lipinski definition) is 0. The Labute approximate surface area is 149 Å². The Balaban J connectivity index is 2.40. The second kappa shape index (κ2) is 6.29. The maximum absolute atomic E-state index is 6.20. The molecule has 6 heteroatoms. The molecular weight excluding hydrogens is 315 g/mol. The zero-order valence-electron chi connectivity index (χ0n) is 17.2. The van der Waals surface area contributed by atoms with Crippen molar-refractivity contribution in [2.75, 3.05) is 0 Å². The third-order valence-corrected chi connectivity index (χ3v) is 12.9. The van der Waals surface area contributed by atoms with Crippen molar-refractivity contribution < 1.29 is 9.31 Å². The first-order chi connectivity index (χ1) is 10.9. The molecule has 0 amide bonds. The van der Waals surface area contributed by atoms with Gasteiger partial charge in [-0.05, 0) is 44.3 Å². The number of nitrogens with zero attached hydrogens (tertiary/aromatic N) is 2. The van der Waals surface area contributed by atoms with Crippen LogP contribution in [-0.2, 0) is 9.31 Å². The average molecular weight is 350 g/mol. The Morgan fingerprint density at radius 2 is 1.33 bits per heavy atom. The Bertz CT molecular complexity index is 544. The molecule has 2 rings (SSSR count). The molecule has 0 atom stereocenters. The third kappa shape index (κ3) is 2.91. The Morgan fingerprint density at radius 1 is 0.917 bits per heavy atom. The number of aromatic nitrogens is 2. The van der Waals surface area contributed by atoms with Crippen molar-refractivity contribution in [1.82, 2.24) is 9.45 Å². The van der Waals surface area contributed by atoms with E-state index in [1.807, 2.05) is 6.20 Å². The molecule has 0 aliphatic carbocycles. The van der Waals surface area contributed by atoms with Gasteiger partial charge < -0.3 is 13.7 Å². The standard InChI is InChI=1S/C18H35BN2O2Si/c1-13(2)24(14(3)4,15(5)6)21-12-16(11-20-21)19-22-17(7,8)18(9,10)23-19/h11-15H,1-10H3. The van der Waals surface area contributed by atoms with Crippen molar-refractivity contribution in [3.8, 4) is 0 Å². The summed E-state index contributed by atoms with van der Waals surface area (Å²) in [6.45, 7) is 22.5. The van der Waals surface area contributed by atoms with Crippen LogP contribution in [0.2, 0.25) is 16.6 Å². The first-order valence-corrected chi connectivity index (χ1v) is 11.4. The highest BCUT2D eigenvalue weighted by atomic mass is 28.3. The molecule has 1 aromatic heterocycles. The minimum atomic E-state index is -1.81. The molecule has 136 valence electrons. The van der Waals surface area contributed by atoms with Crippen molar-refractivity contribution in [2.45, 2.75) is 97.1 Å². The molecule has 0 spiro atoms. The summed E-state index contributed by atoms with van der Waals surface area (Å²) in [6, 6.07) is 0. The maximum Gasteiger partial charge on any atom is 0.498 e. The van der Waals surface area contributed by atoms with Gasteiger partial charge in [0.2, 0.25) is 0 Å². The molecule has 0 saturated carbocycles. The number of hydrogen-bond acceptors (Lipinski definition) is 3. The summed E-state index contributed by atoms with van der Waals surface area (Å²) < 4.78 is 14.7. The van der Waals surface area contributed by atoms with Crippen molar-refractivity contribution >= 4 is 20.8 Å². The zero-order chi connectivity index (χ0) is 18.5. The molecule has 1 fully saturated rings. The lowest BCUT2D eigenvalue weighted by atomic mass is 9.82. The topological polar surface area (TPSA) is 36.3 Å². The first-order valence-electron chi connectivity index (χ1n) is 9.27. The van der Waals surface area contributed by atoms with Crippen LogP contribution >= 0.6 is 0 Å². The highest BCUT2D eigenvalue weighted by molar-refractivity contribution is 6.82. The Morgan fingerprint density at radius 3 is 1.71 bits per heavy atom. The summed E-state index contributed by atoms with van der Waals surface area (Å²) in [5.41, 5.74) is 2.24. The van der Waals surface area contributed by atoms with Crippen LogP contribution in [0.25, 0.3) is 0 Å². The number of rotatable bonds is 5. The summed E-state index contributed by atoms with van der Waals surface area (Å²) in [5, 5.41) is 4.81. The lowest BCUT2D eigenvalue weighted by Crippen LogP contribution is -2.52. The molecule has 0 unspecified atom stereocenters. The second-order valence-electron chi connectivity index (χ2n) is 9.16. The van der Waals surface area contributed by atoms with Gasteiger partial charge in [-0.3, -0.25) is 0 Å². The highest BCUT2D eigenvalue weighted by Crippen LogP contribution is 2.42. The smallest absolute Gasteiger partial charge is 0.399 e. The van der Waals surface area contributed by atoms with E-state index in [0.717, 1.165) is 5.46 Å². The second-order valence-corrected chi connectivity index (χ2v) is 14.9. The van der Waals surface area contributed by atoms with Crippen LogP contribution in [0.1, 0.15) is 69.2 Å². The van der Waals surface area contributed by atoms with Crippen LogP contribution in [0.4, 0.5) is 0 Å². The molecule has 0 radical (unpaired) electrons. The van der Waals surface area contributed by atoms with E-state index >= 15 is 0 Å². The van der Waals surface area contributed by atoms with E-state index in [9.17, 15) is 0 Å². The monoisotopic (exact) mass is 350 g/mol. The molecule has 4 nitrogen and oxygen atoms in total. The van der Waals surface area contributed by atoms with Gasteiger partial charge in [0.05, 0.1) is 11.2 Å². The summed E-state index contributed by atoms with van der Waals surface area (Å²) in [5.74, 6) is 0. The summed E-state index contributed by atoms with van der Waals surface area (Å²) in [4.78, 5) is 0. The van der Waals surface area contributed by atoms with E-state index in [1.165, 1.54) is 0 Å². The van der Waals surface area contributed by atoms with E-state index in [0.29, 0.717) is 16.6 Å². The fraction of sp³-hybridized carbons (Fsp3) is 0.833. The van der Waals surface area contributed by atoms with E-state index in [-0.39, 0.29) is 18.3 Å². The fourth-order valence-electron chi connectivity index (χ4n) is 4.44. The normalized spacial score (nSPS) is 20.6. The van der Waals surface area contributed by atoms with Gasteiger partial charge >= 0.3 is 7.12 Å². The van der Waals surface area contributed by atoms with Gasteiger partial charge in [-0.2, -0.15) is 5.10 Å². The molecule has 1 aliphatic rings. The van der Waals surface area contributed by atoms with Gasteiger partial charge in [-0.1, -0.05) is 41.5 Å². The predicted molar refractivity (Wildman–Crippen MR) is 104 cm³/mol. The van der Waals surface area contributed by atoms with Crippen LogP contribution in [0, 0.1) is 0 Å². The Kier molecular flexibility index (Phi) is 5.17. The van der Waals surface area contributed by atoms with Crippen molar-refractivity contribution in [3.05, 3.63) is 12.4 Å². The molecule has 2 heterocycles. The molecule has 0 N–H and O–H groups in total. The SMILES string of the molecule is CC(C)[Si](C(C)C)(C(C)C)n1cc(B2OC(C)(C)C(C)(C)O2)cn1. The van der Waals surface area contributed by atoms with Crippen LogP contribution in [0.3, 0.4) is 0 Å². The van der Waals surface area contributed by atoms with Gasteiger partial charge in [0.1, 0.15) is 0 Å². The lowest BCUT2D eigenvalue weighted by Gasteiger charge is -2.42. The lowest BCUT2D eigenvalue weighted by molar-refractivity contribution is 0.00578. The molecule has 1 aromatic rings. The van der Waals surface area contributed by atoms with Gasteiger partial charge in [0.25, 0.3) is 0 Å². The van der Waals surface area contributed by atoms with Gasteiger partial charge in [0, 0.05) is 17.9 Å². The average Bonchev–Trinajstić information content (AvgIpc) is 2.93. The van der Waals surface area contributed by atoms with E-state index < -0.39 is 8.24 Å². The largest absolute Gasteiger partial charge is 0.498 e. The van der Waals surface area contributed by atoms with Crippen molar-refractivity contribution in [3.63, 3.8) is 0 Å². The zero-order valence-corrected chi connectivity index (χ0v) is 18.2. The minimum Gasteiger partial charge on any atom is -0.399 e. The van der Waals surface area contributed by atoms with Crippen LogP contribution in [0.15, 0.2) is 12.4 Å².